The van der Waals surface area contributed by atoms with Crippen molar-refractivity contribution in [1.29, 1.82) is 0 Å². The Hall–Kier alpha value is -0.870. The van der Waals surface area contributed by atoms with E-state index in [0.29, 0.717) is 0 Å². The van der Waals surface area contributed by atoms with Crippen LogP contribution in [0.1, 0.15) is 27.7 Å². The second-order valence-electron chi connectivity index (χ2n) is 8.39. The summed E-state index contributed by atoms with van der Waals surface area (Å²) in [6, 6.07) is 0. The maximum absolute atomic E-state index is 15.0. The molecule has 3 fully saturated rings. The van der Waals surface area contributed by atoms with E-state index in [1.165, 1.54) is 13.8 Å². The normalized spacial score (nSPS) is 38.5. The molecular weight excluding hydrogens is 459 g/mol. The number of hydrogen-bond donors (Lipinski definition) is 1. The van der Waals surface area contributed by atoms with Gasteiger partial charge in [-0.2, -0.15) is 39.5 Å². The van der Waals surface area contributed by atoms with Crippen molar-refractivity contribution in [2.24, 2.45) is 0 Å². The van der Waals surface area contributed by atoms with Crippen LogP contribution in [0.25, 0.3) is 0 Å². The number of aliphatic hydroxyl groups is 1. The van der Waals surface area contributed by atoms with Gasteiger partial charge in [0.2, 0.25) is 0 Å². The summed E-state index contributed by atoms with van der Waals surface area (Å²) in [6.07, 6.45) is -16.0. The molecule has 1 N–H and O–H groups in total. The lowest BCUT2D eigenvalue weighted by Gasteiger charge is -2.45. The molecule has 0 unspecified atom stereocenters. The van der Waals surface area contributed by atoms with Gasteiger partial charge in [0.05, 0.1) is 6.61 Å². The number of fused-ring (bicyclic) bond motifs is 1. The van der Waals surface area contributed by atoms with Gasteiger partial charge in [0, 0.05) is 0 Å². The lowest BCUT2D eigenvalue weighted by molar-refractivity contribution is -0.426. The fourth-order valence-corrected chi connectivity index (χ4v) is 3.76. The van der Waals surface area contributed by atoms with Gasteiger partial charge in [-0.1, -0.05) is 0 Å². The monoisotopic (exact) mass is 478 g/mol. The van der Waals surface area contributed by atoms with Gasteiger partial charge in [0.1, 0.15) is 18.3 Å². The molecular formula is C16H19F9O6. The van der Waals surface area contributed by atoms with Gasteiger partial charge in [-0.25, -0.2) is 0 Å². The molecule has 0 saturated carbocycles. The molecule has 15 heteroatoms. The molecule has 0 radical (unpaired) electrons. The first kappa shape index (κ1) is 24.8. The Morgan fingerprint density at radius 3 is 1.74 bits per heavy atom. The van der Waals surface area contributed by atoms with Crippen LogP contribution in [0.4, 0.5) is 39.5 Å². The van der Waals surface area contributed by atoms with E-state index in [-0.39, 0.29) is 0 Å². The van der Waals surface area contributed by atoms with E-state index in [2.05, 4.69) is 0 Å². The molecule has 0 spiro atoms. The molecule has 182 valence electrons. The van der Waals surface area contributed by atoms with Crippen LogP contribution in [0.3, 0.4) is 0 Å². The number of hydrogen-bond acceptors (Lipinski definition) is 6. The van der Waals surface area contributed by atoms with Crippen LogP contribution in [0.2, 0.25) is 0 Å². The fourth-order valence-electron chi connectivity index (χ4n) is 3.76. The number of alkyl halides is 9. The van der Waals surface area contributed by atoms with Crippen molar-refractivity contribution in [3.8, 4) is 0 Å². The van der Waals surface area contributed by atoms with Gasteiger partial charge >= 0.3 is 23.9 Å². The van der Waals surface area contributed by atoms with Gasteiger partial charge < -0.3 is 28.8 Å². The van der Waals surface area contributed by atoms with Gasteiger partial charge in [-0.3, -0.25) is 0 Å². The Kier molecular flexibility index (Phi) is 5.27. The minimum absolute atomic E-state index is 0.639. The fraction of sp³-hybridized carbons (Fsp3) is 1.00. The number of halogens is 9. The van der Waals surface area contributed by atoms with E-state index in [9.17, 15) is 35.8 Å². The van der Waals surface area contributed by atoms with E-state index in [1.54, 1.807) is 0 Å². The predicted octanol–water partition coefficient (Wildman–Crippen LogP) is 3.21. The summed E-state index contributed by atoms with van der Waals surface area (Å²) in [5.41, 5.74) is -4.43. The summed E-state index contributed by atoms with van der Waals surface area (Å²) in [7, 11) is 0. The van der Waals surface area contributed by atoms with Gasteiger partial charge in [-0.15, -0.1) is 0 Å². The summed E-state index contributed by atoms with van der Waals surface area (Å²) < 4.78 is 149. The van der Waals surface area contributed by atoms with Gasteiger partial charge in [0.25, 0.3) is 0 Å². The third-order valence-electron chi connectivity index (χ3n) is 5.22. The zero-order valence-corrected chi connectivity index (χ0v) is 16.4. The van der Waals surface area contributed by atoms with Crippen molar-refractivity contribution in [3.05, 3.63) is 0 Å². The Labute approximate surface area is 169 Å². The average Bonchev–Trinajstić information content (AvgIpc) is 3.16. The second kappa shape index (κ2) is 6.59. The Morgan fingerprint density at radius 1 is 0.742 bits per heavy atom. The molecule has 0 aromatic carbocycles. The van der Waals surface area contributed by atoms with Crippen molar-refractivity contribution < 1.29 is 68.3 Å². The van der Waals surface area contributed by atoms with Crippen LogP contribution in [0, 0.1) is 0 Å². The van der Waals surface area contributed by atoms with Crippen LogP contribution in [0.15, 0.2) is 0 Å². The van der Waals surface area contributed by atoms with Crippen LogP contribution in [-0.2, 0) is 23.7 Å². The average molecular weight is 478 g/mol. The predicted molar refractivity (Wildman–Crippen MR) is 79.4 cm³/mol. The van der Waals surface area contributed by atoms with Crippen molar-refractivity contribution in [2.45, 2.75) is 93.4 Å². The molecule has 3 aliphatic heterocycles. The van der Waals surface area contributed by atoms with E-state index in [0.717, 1.165) is 13.8 Å². The minimum atomic E-state index is -7.22. The van der Waals surface area contributed by atoms with E-state index in [4.69, 9.17) is 23.7 Å². The topological polar surface area (TPSA) is 66.4 Å². The highest BCUT2D eigenvalue weighted by Gasteiger charge is 2.90. The standard InChI is InChI=1S/C16H19F9O6/c1-10(2)27-5-6(29-10)7-12(26,8-9(28-7)31-11(3,4)30-8)13(17,18)14(19,20)15(21,22)16(23,24)25/h6-9,26H,5H2,1-4H3/t6-,7-,8+,9-,12-/m1/s1. The van der Waals surface area contributed by atoms with Crippen molar-refractivity contribution in [2.75, 3.05) is 6.61 Å². The maximum Gasteiger partial charge on any atom is 0.460 e. The molecule has 3 aliphatic rings. The highest BCUT2D eigenvalue weighted by atomic mass is 19.4. The first-order valence-electron chi connectivity index (χ1n) is 8.86. The van der Waals surface area contributed by atoms with E-state index >= 15 is 8.78 Å². The van der Waals surface area contributed by atoms with Gasteiger partial charge in [0.15, 0.2) is 23.5 Å². The van der Waals surface area contributed by atoms with Crippen molar-refractivity contribution >= 4 is 0 Å². The molecule has 3 heterocycles. The summed E-state index contributed by atoms with van der Waals surface area (Å²) in [5.74, 6) is -24.1. The molecule has 5 atom stereocenters. The summed E-state index contributed by atoms with van der Waals surface area (Å²) >= 11 is 0. The van der Waals surface area contributed by atoms with Gasteiger partial charge in [-0.05, 0) is 27.7 Å². The summed E-state index contributed by atoms with van der Waals surface area (Å²) in [6.45, 7) is 4.12. The lowest BCUT2D eigenvalue weighted by atomic mass is 9.78. The highest BCUT2D eigenvalue weighted by Crippen LogP contribution is 2.61. The molecule has 0 aromatic rings. The second-order valence-corrected chi connectivity index (χ2v) is 8.39. The highest BCUT2D eigenvalue weighted by molar-refractivity contribution is 5.20. The number of ether oxygens (including phenoxy) is 5. The smallest absolute Gasteiger partial charge is 0.378 e. The molecule has 0 aromatic heterocycles. The van der Waals surface area contributed by atoms with Crippen LogP contribution >= 0.6 is 0 Å². The largest absolute Gasteiger partial charge is 0.460 e. The molecule has 3 rings (SSSR count). The quantitative estimate of drug-likeness (QED) is 0.627. The first-order chi connectivity index (χ1) is 13.6. The third-order valence-corrected chi connectivity index (χ3v) is 5.22. The summed E-state index contributed by atoms with van der Waals surface area (Å²) in [5, 5.41) is 10.8. The van der Waals surface area contributed by atoms with Crippen molar-refractivity contribution in [3.63, 3.8) is 0 Å². The molecule has 31 heavy (non-hydrogen) atoms. The molecule has 3 saturated heterocycles. The van der Waals surface area contributed by atoms with E-state index in [1.807, 2.05) is 0 Å². The zero-order chi connectivity index (χ0) is 24.1. The van der Waals surface area contributed by atoms with Crippen LogP contribution in [-0.4, -0.2) is 77.4 Å². The zero-order valence-electron chi connectivity index (χ0n) is 16.4. The first-order valence-corrected chi connectivity index (χ1v) is 8.86. The Bertz CT molecular complexity index is 725. The Morgan fingerprint density at radius 2 is 1.29 bits per heavy atom. The van der Waals surface area contributed by atoms with Crippen LogP contribution in [0.5, 0.6) is 0 Å². The maximum atomic E-state index is 15.0. The van der Waals surface area contributed by atoms with E-state index < -0.39 is 72.3 Å². The molecule has 0 amide bonds. The number of rotatable bonds is 4. The molecule has 6 nitrogen and oxygen atoms in total. The molecule has 0 aliphatic carbocycles. The third kappa shape index (κ3) is 3.34. The van der Waals surface area contributed by atoms with Crippen molar-refractivity contribution in [1.82, 2.24) is 0 Å². The SMILES string of the molecule is CC1(C)OC[C@H]([C@H]2O[C@@H]3OC(C)(C)O[C@@H]3[C@@]2(O)C(F)(F)C(F)(F)C(F)(F)C(F)(F)F)O1. The lowest BCUT2D eigenvalue weighted by Crippen LogP contribution is -2.74. The molecule has 0 bridgehead atoms. The Balaban J connectivity index is 2.11. The summed E-state index contributed by atoms with van der Waals surface area (Å²) in [4.78, 5) is 0. The van der Waals surface area contributed by atoms with Crippen LogP contribution < -0.4 is 0 Å². The minimum Gasteiger partial charge on any atom is -0.378 e.